The van der Waals surface area contributed by atoms with Gasteiger partial charge in [0, 0.05) is 0 Å². The number of hydrogen-bond donors (Lipinski definition) is 1. The van der Waals surface area contributed by atoms with Crippen molar-refractivity contribution in [2.45, 2.75) is 13.0 Å². The number of nitrogens with zero attached hydrogens (tertiary/aromatic N) is 1. The normalized spacial score (nSPS) is 17.8. The highest BCUT2D eigenvalue weighted by molar-refractivity contribution is 6.51. The third-order valence-corrected chi connectivity index (χ3v) is 5.18. The summed E-state index contributed by atoms with van der Waals surface area (Å²) in [5.74, 6) is -0.217. The molecule has 0 bridgehead atoms. The highest BCUT2D eigenvalue weighted by Crippen LogP contribution is 2.45. The van der Waals surface area contributed by atoms with Crippen LogP contribution in [0.4, 0.5) is 5.69 Å². The lowest BCUT2D eigenvalue weighted by Gasteiger charge is -2.25. The number of amides is 1. The highest BCUT2D eigenvalue weighted by atomic mass is 16.5. The Morgan fingerprint density at radius 1 is 0.935 bits per heavy atom. The van der Waals surface area contributed by atoms with Gasteiger partial charge in [-0.05, 0) is 43.3 Å². The standard InChI is InChI=1S/C24H21NO6/c1-14-12-13-19(31-14)21-20(22(26)15-8-4-6-10-17(15)29-2)23(27)24(28)25(21)16-9-5-7-11-18(16)30-3/h4-13,21,26H,1-3H3/b22-20-. The van der Waals surface area contributed by atoms with Gasteiger partial charge < -0.3 is 19.0 Å². The minimum atomic E-state index is -0.977. The van der Waals surface area contributed by atoms with Crippen molar-refractivity contribution in [3.63, 3.8) is 0 Å². The van der Waals surface area contributed by atoms with Crippen molar-refractivity contribution < 1.29 is 28.6 Å². The van der Waals surface area contributed by atoms with Crippen LogP contribution in [0.3, 0.4) is 0 Å². The van der Waals surface area contributed by atoms with Crippen LogP contribution in [0.25, 0.3) is 5.76 Å². The van der Waals surface area contributed by atoms with E-state index in [2.05, 4.69) is 0 Å². The number of carbonyl (C=O) groups excluding carboxylic acids is 2. The van der Waals surface area contributed by atoms with Crippen molar-refractivity contribution in [1.29, 1.82) is 0 Å². The van der Waals surface area contributed by atoms with Crippen molar-refractivity contribution in [3.8, 4) is 11.5 Å². The molecule has 1 N–H and O–H groups in total. The summed E-state index contributed by atoms with van der Waals surface area (Å²) < 4.78 is 16.5. The number of carbonyl (C=O) groups is 2. The molecule has 3 aromatic rings. The van der Waals surface area contributed by atoms with Gasteiger partial charge in [0.15, 0.2) is 0 Å². The fraction of sp³-hybridized carbons (Fsp3) is 0.167. The molecule has 31 heavy (non-hydrogen) atoms. The number of hydrogen-bond acceptors (Lipinski definition) is 6. The van der Waals surface area contributed by atoms with Gasteiger partial charge in [-0.2, -0.15) is 0 Å². The lowest BCUT2D eigenvalue weighted by atomic mass is 9.98. The maximum absolute atomic E-state index is 13.2. The molecule has 7 heteroatoms. The van der Waals surface area contributed by atoms with Crippen LogP contribution in [0.15, 0.2) is 70.7 Å². The van der Waals surface area contributed by atoms with E-state index >= 15 is 0 Å². The number of furan rings is 1. The second-order valence-electron chi connectivity index (χ2n) is 6.99. The van der Waals surface area contributed by atoms with E-state index in [4.69, 9.17) is 13.9 Å². The molecule has 1 amide bonds. The van der Waals surface area contributed by atoms with Gasteiger partial charge in [-0.1, -0.05) is 24.3 Å². The van der Waals surface area contributed by atoms with Crippen LogP contribution >= 0.6 is 0 Å². The van der Waals surface area contributed by atoms with E-state index in [0.717, 1.165) is 0 Å². The molecule has 0 saturated carbocycles. The first kappa shape index (κ1) is 20.3. The molecule has 2 aromatic carbocycles. The second kappa shape index (κ2) is 8.02. The van der Waals surface area contributed by atoms with Crippen LogP contribution in [-0.4, -0.2) is 31.0 Å². The zero-order valence-corrected chi connectivity index (χ0v) is 17.3. The third-order valence-electron chi connectivity index (χ3n) is 5.18. The molecular formula is C24H21NO6. The molecule has 1 atom stereocenters. The van der Waals surface area contributed by atoms with E-state index in [1.165, 1.54) is 19.1 Å². The molecular weight excluding hydrogens is 398 g/mol. The average molecular weight is 419 g/mol. The molecule has 1 aliphatic heterocycles. The van der Waals surface area contributed by atoms with Gasteiger partial charge in [0.05, 0.1) is 31.0 Å². The number of aliphatic hydroxyl groups excluding tert-OH is 1. The van der Waals surface area contributed by atoms with Crippen LogP contribution in [0, 0.1) is 6.92 Å². The smallest absolute Gasteiger partial charge is 0.300 e. The minimum Gasteiger partial charge on any atom is -0.507 e. The third kappa shape index (κ3) is 3.34. The summed E-state index contributed by atoms with van der Waals surface area (Å²) in [6.45, 7) is 1.76. The van der Waals surface area contributed by atoms with E-state index in [1.54, 1.807) is 67.6 Å². The molecule has 1 aromatic heterocycles. The van der Waals surface area contributed by atoms with E-state index < -0.39 is 17.7 Å². The molecule has 1 unspecified atom stereocenters. The molecule has 1 saturated heterocycles. The van der Waals surface area contributed by atoms with Crippen molar-refractivity contribution in [1.82, 2.24) is 0 Å². The lowest BCUT2D eigenvalue weighted by Crippen LogP contribution is -2.29. The Morgan fingerprint density at radius 3 is 2.23 bits per heavy atom. The van der Waals surface area contributed by atoms with Gasteiger partial charge in [0.2, 0.25) is 0 Å². The number of benzene rings is 2. The molecule has 0 radical (unpaired) electrons. The average Bonchev–Trinajstić information content (AvgIpc) is 3.34. The van der Waals surface area contributed by atoms with Crippen LogP contribution in [0.5, 0.6) is 11.5 Å². The maximum atomic E-state index is 13.2. The quantitative estimate of drug-likeness (QED) is 0.378. The summed E-state index contributed by atoms with van der Waals surface area (Å²) in [7, 11) is 2.95. The summed E-state index contributed by atoms with van der Waals surface area (Å²) in [6.07, 6.45) is 0. The number of methoxy groups -OCH3 is 2. The summed E-state index contributed by atoms with van der Waals surface area (Å²) in [4.78, 5) is 27.6. The number of ether oxygens (including phenoxy) is 2. The zero-order chi connectivity index (χ0) is 22.1. The van der Waals surface area contributed by atoms with Gasteiger partial charge in [-0.15, -0.1) is 0 Å². The van der Waals surface area contributed by atoms with Crippen molar-refractivity contribution in [2.75, 3.05) is 19.1 Å². The Kier molecular flexibility index (Phi) is 5.25. The van der Waals surface area contributed by atoms with Crippen LogP contribution in [0.2, 0.25) is 0 Å². The monoisotopic (exact) mass is 419 g/mol. The Morgan fingerprint density at radius 2 is 1.58 bits per heavy atom. The Bertz CT molecular complexity index is 1190. The largest absolute Gasteiger partial charge is 0.507 e. The minimum absolute atomic E-state index is 0.0882. The van der Waals surface area contributed by atoms with Gasteiger partial charge >= 0.3 is 0 Å². The molecule has 7 nitrogen and oxygen atoms in total. The Balaban J connectivity index is 1.99. The first-order valence-electron chi connectivity index (χ1n) is 9.61. The number of para-hydroxylation sites is 3. The van der Waals surface area contributed by atoms with Gasteiger partial charge in [0.25, 0.3) is 11.7 Å². The predicted molar refractivity (Wildman–Crippen MR) is 114 cm³/mol. The van der Waals surface area contributed by atoms with Crippen LogP contribution in [-0.2, 0) is 9.59 Å². The molecule has 1 fully saturated rings. The zero-order valence-electron chi connectivity index (χ0n) is 17.3. The summed E-state index contributed by atoms with van der Waals surface area (Å²) >= 11 is 0. The summed E-state index contributed by atoms with van der Waals surface area (Å²) in [6, 6.07) is 16.1. The number of ketones is 1. The molecule has 2 heterocycles. The first-order valence-corrected chi connectivity index (χ1v) is 9.61. The highest BCUT2D eigenvalue weighted by Gasteiger charge is 2.49. The SMILES string of the molecule is COc1ccccc1/C(O)=C1/C(=O)C(=O)N(c2ccccc2OC)C1c1ccc(C)o1. The fourth-order valence-electron chi connectivity index (χ4n) is 3.76. The second-order valence-corrected chi connectivity index (χ2v) is 6.99. The molecule has 158 valence electrons. The molecule has 1 aliphatic rings. The van der Waals surface area contributed by atoms with Crippen molar-refractivity contribution >= 4 is 23.1 Å². The van der Waals surface area contributed by atoms with Gasteiger partial charge in [0.1, 0.15) is 34.8 Å². The van der Waals surface area contributed by atoms with E-state index in [-0.39, 0.29) is 11.3 Å². The molecule has 4 rings (SSSR count). The van der Waals surface area contributed by atoms with E-state index in [9.17, 15) is 14.7 Å². The van der Waals surface area contributed by atoms with Crippen molar-refractivity contribution in [3.05, 3.63) is 83.3 Å². The Hall–Kier alpha value is -4.00. The van der Waals surface area contributed by atoms with Gasteiger partial charge in [-0.25, -0.2) is 0 Å². The lowest BCUT2D eigenvalue weighted by molar-refractivity contribution is -0.132. The predicted octanol–water partition coefficient (Wildman–Crippen LogP) is 4.23. The van der Waals surface area contributed by atoms with Crippen LogP contribution in [0.1, 0.15) is 23.1 Å². The fourth-order valence-corrected chi connectivity index (χ4v) is 3.76. The summed E-state index contributed by atoms with van der Waals surface area (Å²) in [5, 5.41) is 11.2. The molecule has 0 aliphatic carbocycles. The maximum Gasteiger partial charge on any atom is 0.300 e. The number of aliphatic hydroxyl groups is 1. The van der Waals surface area contributed by atoms with Crippen LogP contribution < -0.4 is 14.4 Å². The number of Topliss-reactive ketones (excluding diaryl/α,β-unsaturated/α-hetero) is 1. The number of aryl methyl sites for hydroxylation is 1. The van der Waals surface area contributed by atoms with Gasteiger partial charge in [-0.3, -0.25) is 14.5 Å². The summed E-state index contributed by atoms with van der Waals surface area (Å²) in [5.41, 5.74) is 0.608. The topological polar surface area (TPSA) is 89.2 Å². The first-order chi connectivity index (χ1) is 15.0. The van der Waals surface area contributed by atoms with E-state index in [1.807, 2.05) is 0 Å². The number of anilines is 1. The Labute approximate surface area is 179 Å². The van der Waals surface area contributed by atoms with Crippen molar-refractivity contribution in [2.24, 2.45) is 0 Å². The van der Waals surface area contributed by atoms with E-state index in [0.29, 0.717) is 34.3 Å². The number of rotatable bonds is 5. The molecule has 0 spiro atoms.